The standard InChI is InChI=1S/C28H38O2S/c1-4-31-20-24(15-14-22-11-6-5-7-12-22)18-23-16-17-26(28(29)30-3)27(19-23)25-13-9-8-10-21(25)2/h8-10,13,16-17,19,22,24H,4-7,11-12,14-15,18,20H2,1-3H3. The summed E-state index contributed by atoms with van der Waals surface area (Å²) < 4.78 is 5.08. The molecule has 0 heterocycles. The van der Waals surface area contributed by atoms with Crippen LogP contribution >= 0.6 is 11.8 Å². The molecule has 1 unspecified atom stereocenters. The minimum atomic E-state index is -0.264. The topological polar surface area (TPSA) is 26.3 Å². The van der Waals surface area contributed by atoms with Crippen LogP contribution < -0.4 is 0 Å². The molecule has 3 heteroatoms. The first-order valence-corrected chi connectivity index (χ1v) is 13.1. The molecule has 2 aromatic carbocycles. The summed E-state index contributed by atoms with van der Waals surface area (Å²) in [5, 5.41) is 0. The Labute approximate surface area is 193 Å². The predicted molar refractivity (Wildman–Crippen MR) is 134 cm³/mol. The summed E-state index contributed by atoms with van der Waals surface area (Å²) in [5.41, 5.74) is 5.28. The summed E-state index contributed by atoms with van der Waals surface area (Å²) in [6.07, 6.45) is 10.9. The third-order valence-electron chi connectivity index (χ3n) is 6.71. The van der Waals surface area contributed by atoms with Crippen molar-refractivity contribution in [2.75, 3.05) is 18.6 Å². The average Bonchev–Trinajstić information content (AvgIpc) is 2.81. The zero-order valence-corrected chi connectivity index (χ0v) is 20.3. The van der Waals surface area contributed by atoms with Gasteiger partial charge in [0.1, 0.15) is 0 Å². The van der Waals surface area contributed by atoms with Crippen molar-refractivity contribution >= 4 is 17.7 Å². The normalized spacial score (nSPS) is 15.6. The van der Waals surface area contributed by atoms with Crippen LogP contribution in [-0.2, 0) is 11.2 Å². The Kier molecular flexibility index (Phi) is 9.52. The van der Waals surface area contributed by atoms with Gasteiger partial charge in [-0.2, -0.15) is 11.8 Å². The van der Waals surface area contributed by atoms with E-state index in [2.05, 4.69) is 49.9 Å². The summed E-state index contributed by atoms with van der Waals surface area (Å²) in [6, 6.07) is 14.6. The Bertz CT molecular complexity index is 839. The molecule has 0 bridgehead atoms. The molecule has 1 fully saturated rings. The fraction of sp³-hybridized carbons (Fsp3) is 0.536. The van der Waals surface area contributed by atoms with Crippen LogP contribution in [0.5, 0.6) is 0 Å². The monoisotopic (exact) mass is 438 g/mol. The van der Waals surface area contributed by atoms with Crippen molar-refractivity contribution in [2.24, 2.45) is 11.8 Å². The van der Waals surface area contributed by atoms with Crippen molar-refractivity contribution < 1.29 is 9.53 Å². The Morgan fingerprint density at radius 1 is 1.10 bits per heavy atom. The number of thioether (sulfide) groups is 1. The molecular formula is C28H38O2S. The number of benzene rings is 2. The number of rotatable bonds is 10. The van der Waals surface area contributed by atoms with Crippen LogP contribution in [-0.4, -0.2) is 24.6 Å². The van der Waals surface area contributed by atoms with Crippen molar-refractivity contribution in [1.82, 2.24) is 0 Å². The molecule has 2 nitrogen and oxygen atoms in total. The lowest BCUT2D eigenvalue weighted by atomic mass is 9.83. The SMILES string of the molecule is CCSCC(CCC1CCCCC1)Cc1ccc(C(=O)OC)c(-c2ccccc2C)c1. The summed E-state index contributed by atoms with van der Waals surface area (Å²) in [4.78, 5) is 12.4. The van der Waals surface area contributed by atoms with Gasteiger partial charge in [-0.25, -0.2) is 4.79 Å². The van der Waals surface area contributed by atoms with E-state index in [4.69, 9.17) is 4.74 Å². The quantitative estimate of drug-likeness (QED) is 0.355. The molecule has 1 saturated carbocycles. The Balaban J connectivity index is 1.81. The van der Waals surface area contributed by atoms with Gasteiger partial charge in [-0.15, -0.1) is 0 Å². The number of methoxy groups -OCH3 is 1. The van der Waals surface area contributed by atoms with Gasteiger partial charge in [0.15, 0.2) is 0 Å². The molecule has 2 aromatic rings. The first kappa shape index (κ1) is 23.9. The molecule has 3 rings (SSSR count). The lowest BCUT2D eigenvalue weighted by molar-refractivity contribution is 0.0601. The second-order valence-corrected chi connectivity index (χ2v) is 10.3. The van der Waals surface area contributed by atoms with Crippen LogP contribution in [0.4, 0.5) is 0 Å². The van der Waals surface area contributed by atoms with Gasteiger partial charge in [0.2, 0.25) is 0 Å². The van der Waals surface area contributed by atoms with Gasteiger partial charge in [-0.05, 0) is 71.4 Å². The minimum Gasteiger partial charge on any atom is -0.465 e. The fourth-order valence-corrected chi connectivity index (χ4v) is 5.77. The molecule has 1 aliphatic carbocycles. The van der Waals surface area contributed by atoms with Gasteiger partial charge in [0, 0.05) is 0 Å². The number of hydrogen-bond acceptors (Lipinski definition) is 3. The Morgan fingerprint density at radius 3 is 2.58 bits per heavy atom. The van der Waals surface area contributed by atoms with Crippen LogP contribution in [0.3, 0.4) is 0 Å². The smallest absolute Gasteiger partial charge is 0.338 e. The van der Waals surface area contributed by atoms with E-state index in [0.717, 1.165) is 23.5 Å². The van der Waals surface area contributed by atoms with Gasteiger partial charge < -0.3 is 4.74 Å². The zero-order valence-electron chi connectivity index (χ0n) is 19.5. The van der Waals surface area contributed by atoms with E-state index in [0.29, 0.717) is 11.5 Å². The first-order valence-electron chi connectivity index (χ1n) is 12.0. The molecule has 1 aliphatic rings. The highest BCUT2D eigenvalue weighted by Crippen LogP contribution is 2.32. The first-order chi connectivity index (χ1) is 15.1. The molecule has 168 valence electrons. The lowest BCUT2D eigenvalue weighted by Gasteiger charge is -2.24. The highest BCUT2D eigenvalue weighted by molar-refractivity contribution is 7.99. The summed E-state index contributed by atoms with van der Waals surface area (Å²) in [6.45, 7) is 4.36. The second kappa shape index (κ2) is 12.3. The summed E-state index contributed by atoms with van der Waals surface area (Å²) >= 11 is 2.06. The largest absolute Gasteiger partial charge is 0.465 e. The summed E-state index contributed by atoms with van der Waals surface area (Å²) in [7, 11) is 1.46. The van der Waals surface area contributed by atoms with Crippen molar-refractivity contribution in [1.29, 1.82) is 0 Å². The molecule has 31 heavy (non-hydrogen) atoms. The van der Waals surface area contributed by atoms with Gasteiger partial charge in [-0.3, -0.25) is 0 Å². The molecular weight excluding hydrogens is 400 g/mol. The maximum atomic E-state index is 12.4. The van der Waals surface area contributed by atoms with Crippen molar-refractivity contribution in [3.05, 3.63) is 59.2 Å². The van der Waals surface area contributed by atoms with E-state index in [9.17, 15) is 4.79 Å². The van der Waals surface area contributed by atoms with Crippen LogP contribution in [0.25, 0.3) is 11.1 Å². The van der Waals surface area contributed by atoms with E-state index < -0.39 is 0 Å². The number of aryl methyl sites for hydroxylation is 1. The molecule has 1 atom stereocenters. The molecule has 0 aromatic heterocycles. The highest BCUT2D eigenvalue weighted by Gasteiger charge is 2.19. The Hall–Kier alpha value is -1.74. The maximum absolute atomic E-state index is 12.4. The number of carbonyl (C=O) groups is 1. The van der Waals surface area contributed by atoms with E-state index in [1.165, 1.54) is 74.7 Å². The zero-order chi connectivity index (χ0) is 22.1. The molecule has 0 amide bonds. The number of esters is 1. The highest BCUT2D eigenvalue weighted by atomic mass is 32.2. The summed E-state index contributed by atoms with van der Waals surface area (Å²) in [5.74, 6) is 3.77. The van der Waals surface area contributed by atoms with Crippen LogP contribution in [0, 0.1) is 18.8 Å². The van der Waals surface area contributed by atoms with E-state index >= 15 is 0 Å². The molecule has 0 radical (unpaired) electrons. The minimum absolute atomic E-state index is 0.264. The van der Waals surface area contributed by atoms with Crippen molar-refractivity contribution in [3.63, 3.8) is 0 Å². The van der Waals surface area contributed by atoms with Gasteiger partial charge in [-0.1, -0.05) is 81.8 Å². The van der Waals surface area contributed by atoms with E-state index in [-0.39, 0.29) is 5.97 Å². The van der Waals surface area contributed by atoms with Gasteiger partial charge in [0.05, 0.1) is 12.7 Å². The second-order valence-electron chi connectivity index (χ2n) is 9.00. The van der Waals surface area contributed by atoms with Gasteiger partial charge >= 0.3 is 5.97 Å². The number of ether oxygens (including phenoxy) is 1. The van der Waals surface area contributed by atoms with Gasteiger partial charge in [0.25, 0.3) is 0 Å². The molecule has 0 saturated heterocycles. The predicted octanol–water partition coefficient (Wildman–Crippen LogP) is 7.72. The van der Waals surface area contributed by atoms with Crippen molar-refractivity contribution in [3.8, 4) is 11.1 Å². The van der Waals surface area contributed by atoms with Crippen LogP contribution in [0.2, 0.25) is 0 Å². The molecule has 0 aliphatic heterocycles. The lowest BCUT2D eigenvalue weighted by Crippen LogP contribution is -2.13. The molecule has 0 N–H and O–H groups in total. The third kappa shape index (κ3) is 6.87. The van der Waals surface area contributed by atoms with Crippen molar-refractivity contribution in [2.45, 2.75) is 65.2 Å². The van der Waals surface area contributed by atoms with E-state index in [1.807, 2.05) is 18.2 Å². The average molecular weight is 439 g/mol. The third-order valence-corrected chi connectivity index (χ3v) is 7.83. The number of hydrogen-bond donors (Lipinski definition) is 0. The van der Waals surface area contributed by atoms with Crippen LogP contribution in [0.15, 0.2) is 42.5 Å². The Morgan fingerprint density at radius 2 is 1.87 bits per heavy atom. The van der Waals surface area contributed by atoms with Crippen LogP contribution in [0.1, 0.15) is 73.4 Å². The maximum Gasteiger partial charge on any atom is 0.338 e. The fourth-order valence-electron chi connectivity index (χ4n) is 4.91. The molecule has 0 spiro atoms. The number of carbonyl (C=O) groups excluding carboxylic acids is 1. The van der Waals surface area contributed by atoms with E-state index in [1.54, 1.807) is 0 Å².